The average Bonchev–Trinajstić information content (AvgIpc) is 2.75. The van der Waals surface area contributed by atoms with Gasteiger partial charge in [-0.3, -0.25) is 0 Å². The highest BCUT2D eigenvalue weighted by molar-refractivity contribution is 5.88. The maximum atomic E-state index is 11.6. The Hall–Kier alpha value is -2.91. The van der Waals surface area contributed by atoms with E-state index in [1.54, 1.807) is 19.9 Å². The third-order valence-corrected chi connectivity index (χ3v) is 5.84. The summed E-state index contributed by atoms with van der Waals surface area (Å²) in [5.41, 5.74) is 6.63. The molecule has 0 bridgehead atoms. The molecule has 0 saturated heterocycles. The second-order valence-electron chi connectivity index (χ2n) is 9.88. The van der Waals surface area contributed by atoms with Gasteiger partial charge in [-0.2, -0.15) is 0 Å². The van der Waals surface area contributed by atoms with E-state index in [0.717, 1.165) is 24.0 Å². The number of hydrogen-bond donors (Lipinski definition) is 1. The number of carbonyl (C=O) groups excluding carboxylic acids is 1. The minimum absolute atomic E-state index is 0.000896. The number of allylic oxidation sites excluding steroid dienone is 16. The molecule has 0 aromatic heterocycles. The summed E-state index contributed by atoms with van der Waals surface area (Å²) in [6.07, 6.45) is 25.7. The average molecular weight is 477 g/mol. The van der Waals surface area contributed by atoms with Crippen LogP contribution >= 0.6 is 0 Å². The van der Waals surface area contributed by atoms with Gasteiger partial charge in [-0.15, -0.1) is 0 Å². The van der Waals surface area contributed by atoms with Crippen molar-refractivity contribution in [3.05, 3.63) is 106 Å². The van der Waals surface area contributed by atoms with Crippen LogP contribution in [0.1, 0.15) is 68.2 Å². The lowest BCUT2D eigenvalue weighted by molar-refractivity contribution is -0.138. The predicted octanol–water partition coefficient (Wildman–Crippen LogP) is 8.06. The van der Waals surface area contributed by atoms with Crippen LogP contribution in [0.2, 0.25) is 0 Å². The van der Waals surface area contributed by atoms with Crippen LogP contribution in [0.15, 0.2) is 106 Å². The number of rotatable bonds is 10. The van der Waals surface area contributed by atoms with Gasteiger partial charge in [0.2, 0.25) is 0 Å². The van der Waals surface area contributed by atoms with E-state index in [2.05, 4.69) is 71.1 Å². The fourth-order valence-corrected chi connectivity index (χ4v) is 3.99. The van der Waals surface area contributed by atoms with Crippen molar-refractivity contribution < 1.29 is 14.6 Å². The van der Waals surface area contributed by atoms with Crippen LogP contribution in [0.5, 0.6) is 0 Å². The molecule has 3 heteroatoms. The molecule has 0 aromatic rings. The number of aliphatic hydroxyl groups is 1. The lowest BCUT2D eigenvalue weighted by atomic mass is 9.71. The molecule has 0 aromatic carbocycles. The summed E-state index contributed by atoms with van der Waals surface area (Å²) in [5, 5.41) is 10.1. The molecule has 1 atom stereocenters. The number of aliphatic hydroxyl groups excluding tert-OH is 1. The highest BCUT2D eigenvalue weighted by atomic mass is 16.5. The highest BCUT2D eigenvalue weighted by Crippen LogP contribution is 2.41. The second-order valence-corrected chi connectivity index (χ2v) is 9.88. The first-order valence-corrected chi connectivity index (χ1v) is 12.4. The monoisotopic (exact) mass is 476 g/mol. The van der Waals surface area contributed by atoms with Crippen molar-refractivity contribution in [1.82, 2.24) is 0 Å². The van der Waals surface area contributed by atoms with Crippen LogP contribution < -0.4 is 0 Å². The van der Waals surface area contributed by atoms with Gasteiger partial charge in [0.15, 0.2) is 0 Å². The summed E-state index contributed by atoms with van der Waals surface area (Å²) in [7, 11) is 0. The first kappa shape index (κ1) is 30.1. The minimum Gasteiger partial charge on any atom is -0.463 e. The Morgan fingerprint density at radius 1 is 0.914 bits per heavy atom. The number of hydrogen-bond acceptors (Lipinski definition) is 3. The Kier molecular flexibility index (Phi) is 13.0. The maximum absolute atomic E-state index is 11.6. The second kappa shape index (κ2) is 15.2. The first-order valence-electron chi connectivity index (χ1n) is 12.4. The van der Waals surface area contributed by atoms with E-state index >= 15 is 0 Å². The third kappa shape index (κ3) is 11.9. The normalized spacial score (nSPS) is 20.8. The molecule has 35 heavy (non-hydrogen) atoms. The standard InChI is InChI=1S/C32H44O3/c1-9-35-31(34)27(5)19-13-18-25(3)15-11-10-14-24(2)16-12-17-26(4)20-21-30-28(6)22-29(33)23-32(30,7)8/h10-21,29,33H,9,22-23H2,1-8H3/b11-10+,16-12+,18-13+,21-20+,24-14+,25-15+,26-17+,27-19+. The summed E-state index contributed by atoms with van der Waals surface area (Å²) < 4.78 is 4.96. The number of carbonyl (C=O) groups is 1. The van der Waals surface area contributed by atoms with E-state index in [9.17, 15) is 9.90 Å². The Labute approximate surface area is 213 Å². The van der Waals surface area contributed by atoms with Gasteiger partial charge in [-0.05, 0) is 65.4 Å². The molecule has 1 aliphatic rings. The van der Waals surface area contributed by atoms with Crippen molar-refractivity contribution in [3.8, 4) is 0 Å². The molecule has 3 nitrogen and oxygen atoms in total. The van der Waals surface area contributed by atoms with E-state index in [1.807, 2.05) is 37.3 Å². The Balaban J connectivity index is 2.66. The van der Waals surface area contributed by atoms with Crippen molar-refractivity contribution in [2.45, 2.75) is 74.3 Å². The Morgan fingerprint density at radius 3 is 1.97 bits per heavy atom. The Morgan fingerprint density at radius 2 is 1.43 bits per heavy atom. The summed E-state index contributed by atoms with van der Waals surface area (Å²) in [6, 6.07) is 0. The van der Waals surface area contributed by atoms with Gasteiger partial charge in [0.25, 0.3) is 0 Å². The molecule has 0 aliphatic heterocycles. The number of esters is 1. The fraction of sp³-hybridized carbons (Fsp3) is 0.406. The van der Waals surface area contributed by atoms with Crippen molar-refractivity contribution in [2.24, 2.45) is 5.41 Å². The SMILES string of the molecule is CCOC(=O)/C(C)=C/C=C/C(C)=C/C=C/C=C(C)/C=C/C=C(C)/C=C/C1=C(C)CC(O)CC1(C)C. The van der Waals surface area contributed by atoms with Crippen molar-refractivity contribution >= 4 is 5.97 Å². The van der Waals surface area contributed by atoms with Crippen LogP contribution in [0.25, 0.3) is 0 Å². The molecule has 0 fully saturated rings. The summed E-state index contributed by atoms with van der Waals surface area (Å²) in [5.74, 6) is -0.283. The topological polar surface area (TPSA) is 46.5 Å². The van der Waals surface area contributed by atoms with Crippen LogP contribution in [0.3, 0.4) is 0 Å². The van der Waals surface area contributed by atoms with Gasteiger partial charge in [-0.1, -0.05) is 109 Å². The summed E-state index contributed by atoms with van der Waals surface area (Å²) in [6.45, 7) is 16.7. The molecule has 0 amide bonds. The molecule has 0 saturated carbocycles. The number of ether oxygens (including phenoxy) is 1. The van der Waals surface area contributed by atoms with Crippen LogP contribution in [-0.4, -0.2) is 23.8 Å². The third-order valence-electron chi connectivity index (χ3n) is 5.84. The molecule has 1 unspecified atom stereocenters. The lowest BCUT2D eigenvalue weighted by Gasteiger charge is -2.35. The van der Waals surface area contributed by atoms with Gasteiger partial charge >= 0.3 is 5.97 Å². The van der Waals surface area contributed by atoms with Gasteiger partial charge < -0.3 is 9.84 Å². The van der Waals surface area contributed by atoms with E-state index in [-0.39, 0.29) is 17.5 Å². The minimum atomic E-state index is -0.283. The van der Waals surface area contributed by atoms with Gasteiger partial charge in [-0.25, -0.2) is 4.79 Å². The van der Waals surface area contributed by atoms with Crippen molar-refractivity contribution in [2.75, 3.05) is 6.61 Å². The molecule has 0 spiro atoms. The summed E-state index contributed by atoms with van der Waals surface area (Å²) in [4.78, 5) is 11.6. The van der Waals surface area contributed by atoms with E-state index in [1.165, 1.54) is 16.7 Å². The molecule has 1 rings (SSSR count). The Bertz CT molecular complexity index is 1000. The van der Waals surface area contributed by atoms with E-state index < -0.39 is 0 Å². The summed E-state index contributed by atoms with van der Waals surface area (Å²) >= 11 is 0. The first-order chi connectivity index (χ1) is 16.5. The lowest BCUT2D eigenvalue weighted by Crippen LogP contribution is -2.28. The highest BCUT2D eigenvalue weighted by Gasteiger charge is 2.31. The predicted molar refractivity (Wildman–Crippen MR) is 150 cm³/mol. The van der Waals surface area contributed by atoms with Gasteiger partial charge in [0.05, 0.1) is 12.7 Å². The molecular formula is C32H44O3. The molecule has 0 heterocycles. The van der Waals surface area contributed by atoms with Gasteiger partial charge in [0, 0.05) is 5.57 Å². The van der Waals surface area contributed by atoms with Crippen LogP contribution in [-0.2, 0) is 9.53 Å². The van der Waals surface area contributed by atoms with Crippen molar-refractivity contribution in [1.29, 1.82) is 0 Å². The largest absolute Gasteiger partial charge is 0.463 e. The molecular weight excluding hydrogens is 432 g/mol. The van der Waals surface area contributed by atoms with Gasteiger partial charge in [0.1, 0.15) is 0 Å². The molecule has 190 valence electrons. The zero-order chi connectivity index (χ0) is 26.4. The smallest absolute Gasteiger partial charge is 0.333 e. The molecule has 1 N–H and O–H groups in total. The zero-order valence-electron chi connectivity index (χ0n) is 22.9. The zero-order valence-corrected chi connectivity index (χ0v) is 22.9. The van der Waals surface area contributed by atoms with E-state index in [0.29, 0.717) is 12.2 Å². The fourth-order valence-electron chi connectivity index (χ4n) is 3.99. The van der Waals surface area contributed by atoms with E-state index in [4.69, 9.17) is 4.74 Å². The van der Waals surface area contributed by atoms with Crippen molar-refractivity contribution in [3.63, 3.8) is 0 Å². The maximum Gasteiger partial charge on any atom is 0.333 e. The van der Waals surface area contributed by atoms with Crippen LogP contribution in [0, 0.1) is 5.41 Å². The van der Waals surface area contributed by atoms with Crippen LogP contribution in [0.4, 0.5) is 0 Å². The molecule has 0 radical (unpaired) electrons. The molecule has 1 aliphatic carbocycles. The quantitative estimate of drug-likeness (QED) is 0.197.